The average Bonchev–Trinajstić information content (AvgIpc) is 2.77. The van der Waals surface area contributed by atoms with Gasteiger partial charge in [0, 0.05) is 16.3 Å². The van der Waals surface area contributed by atoms with E-state index < -0.39 is 6.10 Å². The molecule has 2 heterocycles. The molecule has 2 N–H and O–H groups in total. The number of nitrogens with zero attached hydrogens (tertiary/aromatic N) is 1. The zero-order valence-corrected chi connectivity index (χ0v) is 14.6. The third-order valence-electron chi connectivity index (χ3n) is 3.99. The van der Waals surface area contributed by atoms with Crippen LogP contribution < -0.4 is 5.32 Å². The number of carbonyl (C=O) groups excluding carboxylic acids is 1. The normalized spacial score (nSPS) is 21.5. The van der Waals surface area contributed by atoms with Crippen molar-refractivity contribution in [3.8, 4) is 0 Å². The van der Waals surface area contributed by atoms with Crippen LogP contribution in [0.3, 0.4) is 0 Å². The standard InChI is InChI=1S/C16H26N2O3S/c1-10(19)7-14-9-21-6-5-18(14)16(20)17-12(3)15-8-11(2)22-13(15)4/h8,10,12,14,19H,5-7,9H2,1-4H3,(H,17,20)/t10-,12-,14+/m0/s1. The lowest BCUT2D eigenvalue weighted by Crippen LogP contribution is -2.53. The minimum absolute atomic E-state index is 0.0208. The summed E-state index contributed by atoms with van der Waals surface area (Å²) in [5.41, 5.74) is 1.18. The van der Waals surface area contributed by atoms with Gasteiger partial charge in [-0.2, -0.15) is 0 Å². The number of urea groups is 1. The van der Waals surface area contributed by atoms with Crippen LogP contribution in [0.2, 0.25) is 0 Å². The van der Waals surface area contributed by atoms with Gasteiger partial charge in [0.2, 0.25) is 0 Å². The quantitative estimate of drug-likeness (QED) is 0.894. The predicted molar refractivity (Wildman–Crippen MR) is 88.4 cm³/mol. The number of nitrogens with one attached hydrogen (secondary N) is 1. The Labute approximate surface area is 136 Å². The Hall–Kier alpha value is -1.11. The van der Waals surface area contributed by atoms with Crippen LogP contribution in [-0.2, 0) is 4.74 Å². The Balaban J connectivity index is 2.01. The zero-order chi connectivity index (χ0) is 16.3. The Morgan fingerprint density at radius 2 is 2.27 bits per heavy atom. The SMILES string of the molecule is Cc1cc([C@H](C)NC(=O)N2CCOC[C@H]2C[C@H](C)O)c(C)s1. The summed E-state index contributed by atoms with van der Waals surface area (Å²) in [5.74, 6) is 0. The number of morpholine rings is 1. The highest BCUT2D eigenvalue weighted by Crippen LogP contribution is 2.26. The van der Waals surface area contributed by atoms with E-state index >= 15 is 0 Å². The van der Waals surface area contributed by atoms with Crippen molar-refractivity contribution in [1.82, 2.24) is 10.2 Å². The summed E-state index contributed by atoms with van der Waals surface area (Å²) in [6.07, 6.45) is 0.0967. The van der Waals surface area contributed by atoms with Gasteiger partial charge in [-0.25, -0.2) is 4.79 Å². The van der Waals surface area contributed by atoms with Crippen LogP contribution in [0.4, 0.5) is 4.79 Å². The zero-order valence-electron chi connectivity index (χ0n) is 13.8. The van der Waals surface area contributed by atoms with Crippen LogP contribution in [0, 0.1) is 13.8 Å². The van der Waals surface area contributed by atoms with Crippen molar-refractivity contribution >= 4 is 17.4 Å². The molecule has 0 saturated carbocycles. The van der Waals surface area contributed by atoms with Gasteiger partial charge in [0.05, 0.1) is 31.4 Å². The fourth-order valence-corrected chi connectivity index (χ4v) is 3.96. The van der Waals surface area contributed by atoms with Crippen molar-refractivity contribution in [3.05, 3.63) is 21.4 Å². The number of amides is 2. The topological polar surface area (TPSA) is 61.8 Å². The summed E-state index contributed by atoms with van der Waals surface area (Å²) in [6, 6.07) is 1.97. The monoisotopic (exact) mass is 326 g/mol. The second kappa shape index (κ2) is 7.44. The highest BCUT2D eigenvalue weighted by atomic mass is 32.1. The van der Waals surface area contributed by atoms with E-state index in [9.17, 15) is 9.90 Å². The first-order chi connectivity index (χ1) is 10.4. The molecule has 0 aliphatic carbocycles. The largest absolute Gasteiger partial charge is 0.393 e. The molecule has 1 saturated heterocycles. The molecule has 2 amide bonds. The average molecular weight is 326 g/mol. The van der Waals surface area contributed by atoms with E-state index in [-0.39, 0.29) is 18.1 Å². The molecule has 0 aromatic carbocycles. The maximum Gasteiger partial charge on any atom is 0.318 e. The highest BCUT2D eigenvalue weighted by Gasteiger charge is 2.29. The molecule has 1 fully saturated rings. The number of hydrogen-bond acceptors (Lipinski definition) is 4. The van der Waals surface area contributed by atoms with Gasteiger partial charge in [-0.3, -0.25) is 0 Å². The third-order valence-corrected chi connectivity index (χ3v) is 4.97. The van der Waals surface area contributed by atoms with Crippen LogP contribution in [0.15, 0.2) is 6.07 Å². The fraction of sp³-hybridized carbons (Fsp3) is 0.688. The van der Waals surface area contributed by atoms with Crippen LogP contribution in [0.1, 0.15) is 41.6 Å². The van der Waals surface area contributed by atoms with Crippen LogP contribution in [-0.4, -0.2) is 47.9 Å². The summed E-state index contributed by atoms with van der Waals surface area (Å²) in [4.78, 5) is 16.9. The smallest absolute Gasteiger partial charge is 0.318 e. The third kappa shape index (κ3) is 4.21. The lowest BCUT2D eigenvalue weighted by atomic mass is 10.1. The second-order valence-electron chi connectivity index (χ2n) is 6.05. The van der Waals surface area contributed by atoms with Gasteiger partial charge < -0.3 is 20.1 Å². The first-order valence-electron chi connectivity index (χ1n) is 7.78. The molecular weight excluding hydrogens is 300 g/mol. The number of aliphatic hydroxyl groups excluding tert-OH is 1. The Bertz CT molecular complexity index is 515. The van der Waals surface area contributed by atoms with Gasteiger partial charge in [-0.1, -0.05) is 0 Å². The number of carbonyl (C=O) groups is 1. The molecule has 2 rings (SSSR count). The van der Waals surface area contributed by atoms with Crippen molar-refractivity contribution < 1.29 is 14.6 Å². The molecule has 1 aromatic heterocycles. The van der Waals surface area contributed by atoms with E-state index in [1.165, 1.54) is 15.3 Å². The van der Waals surface area contributed by atoms with Gasteiger partial charge in [-0.05, 0) is 45.7 Å². The predicted octanol–water partition coefficient (Wildman–Crippen LogP) is 2.61. The molecule has 0 spiro atoms. The van der Waals surface area contributed by atoms with Crippen molar-refractivity contribution in [2.75, 3.05) is 19.8 Å². The highest BCUT2D eigenvalue weighted by molar-refractivity contribution is 7.12. The van der Waals surface area contributed by atoms with Gasteiger partial charge in [0.1, 0.15) is 0 Å². The van der Waals surface area contributed by atoms with Crippen LogP contribution in [0.25, 0.3) is 0 Å². The summed E-state index contributed by atoms with van der Waals surface area (Å²) < 4.78 is 5.44. The number of aliphatic hydroxyl groups is 1. The van der Waals surface area contributed by atoms with Crippen molar-refractivity contribution in [2.45, 2.75) is 52.3 Å². The molecule has 5 nitrogen and oxygen atoms in total. The van der Waals surface area contributed by atoms with Gasteiger partial charge >= 0.3 is 6.03 Å². The van der Waals surface area contributed by atoms with E-state index in [2.05, 4.69) is 25.2 Å². The fourth-order valence-electron chi connectivity index (χ4n) is 2.94. The molecule has 1 aromatic rings. The van der Waals surface area contributed by atoms with E-state index in [1.807, 2.05) is 6.92 Å². The van der Waals surface area contributed by atoms with Gasteiger partial charge in [0.25, 0.3) is 0 Å². The Kier molecular flexibility index (Phi) is 5.83. The molecule has 0 unspecified atom stereocenters. The number of ether oxygens (including phenoxy) is 1. The summed E-state index contributed by atoms with van der Waals surface area (Å²) >= 11 is 1.75. The van der Waals surface area contributed by atoms with Crippen molar-refractivity contribution in [1.29, 1.82) is 0 Å². The van der Waals surface area contributed by atoms with Crippen LogP contribution in [0.5, 0.6) is 0 Å². The number of hydrogen-bond donors (Lipinski definition) is 2. The lowest BCUT2D eigenvalue weighted by Gasteiger charge is -2.37. The number of rotatable bonds is 4. The number of aryl methyl sites for hydroxylation is 2. The molecule has 6 heteroatoms. The lowest BCUT2D eigenvalue weighted by molar-refractivity contribution is -0.00474. The molecule has 1 aliphatic rings. The van der Waals surface area contributed by atoms with E-state index in [0.717, 1.165) is 0 Å². The first-order valence-corrected chi connectivity index (χ1v) is 8.60. The molecule has 0 radical (unpaired) electrons. The Morgan fingerprint density at radius 1 is 1.55 bits per heavy atom. The van der Waals surface area contributed by atoms with Crippen molar-refractivity contribution in [3.63, 3.8) is 0 Å². The van der Waals surface area contributed by atoms with Gasteiger partial charge in [-0.15, -0.1) is 11.3 Å². The summed E-state index contributed by atoms with van der Waals surface area (Å²) in [7, 11) is 0. The molecular formula is C16H26N2O3S. The molecule has 3 atom stereocenters. The maximum absolute atomic E-state index is 12.6. The number of thiophene rings is 1. The van der Waals surface area contributed by atoms with Crippen molar-refractivity contribution in [2.24, 2.45) is 0 Å². The van der Waals surface area contributed by atoms with E-state index in [1.54, 1.807) is 23.2 Å². The second-order valence-corrected chi connectivity index (χ2v) is 7.51. The van der Waals surface area contributed by atoms with E-state index in [4.69, 9.17) is 4.74 Å². The van der Waals surface area contributed by atoms with Gasteiger partial charge in [0.15, 0.2) is 0 Å². The molecule has 1 aliphatic heterocycles. The minimum atomic E-state index is -0.443. The molecule has 0 bridgehead atoms. The Morgan fingerprint density at radius 3 is 2.86 bits per heavy atom. The summed E-state index contributed by atoms with van der Waals surface area (Å²) in [6.45, 7) is 9.52. The minimum Gasteiger partial charge on any atom is -0.393 e. The van der Waals surface area contributed by atoms with Crippen LogP contribution >= 0.6 is 11.3 Å². The summed E-state index contributed by atoms with van der Waals surface area (Å²) in [5, 5.41) is 12.7. The van der Waals surface area contributed by atoms with E-state index in [0.29, 0.717) is 26.2 Å². The molecule has 124 valence electrons. The maximum atomic E-state index is 12.6. The first kappa shape index (κ1) is 17.2. The molecule has 22 heavy (non-hydrogen) atoms.